The molecule has 30 heavy (non-hydrogen) atoms. The Labute approximate surface area is 179 Å². The van der Waals surface area contributed by atoms with Crippen molar-refractivity contribution >= 4 is 17.6 Å². The van der Waals surface area contributed by atoms with Crippen molar-refractivity contribution in [2.75, 3.05) is 38.1 Å². The van der Waals surface area contributed by atoms with Gasteiger partial charge in [-0.1, -0.05) is 6.07 Å². The largest absolute Gasteiger partial charge is 0.375 e. The van der Waals surface area contributed by atoms with Gasteiger partial charge in [-0.2, -0.15) is 0 Å². The first-order chi connectivity index (χ1) is 14.4. The summed E-state index contributed by atoms with van der Waals surface area (Å²) in [6.07, 6.45) is 6.55. The van der Waals surface area contributed by atoms with Gasteiger partial charge in [-0.3, -0.25) is 4.79 Å². The molecule has 4 rings (SSSR count). The van der Waals surface area contributed by atoms with Gasteiger partial charge in [0.05, 0.1) is 5.60 Å². The van der Waals surface area contributed by atoms with Crippen molar-refractivity contribution in [3.05, 3.63) is 29.3 Å². The van der Waals surface area contributed by atoms with Crippen LogP contribution >= 0.6 is 0 Å². The van der Waals surface area contributed by atoms with E-state index in [-0.39, 0.29) is 11.6 Å². The molecular weight excluding hydrogens is 378 g/mol. The monoisotopic (exact) mass is 413 g/mol. The van der Waals surface area contributed by atoms with Crippen molar-refractivity contribution in [3.63, 3.8) is 0 Å². The number of benzene rings is 1. The van der Waals surface area contributed by atoms with Crippen LogP contribution in [0.5, 0.6) is 0 Å². The van der Waals surface area contributed by atoms with Gasteiger partial charge in [-0.15, -0.1) is 0 Å². The number of hydrogen-bond donors (Lipinski definition) is 1. The van der Waals surface area contributed by atoms with E-state index in [0.29, 0.717) is 31.3 Å². The number of carbonyl (C=O) groups is 2. The summed E-state index contributed by atoms with van der Waals surface area (Å²) in [5.41, 5.74) is 3.08. The SMILES string of the molecule is Cc1ccc(NC(=O)N2CCC3(CC2)CC(CC(=O)N2CCCC2)CCO3)cc1C. The smallest absolute Gasteiger partial charge is 0.321 e. The summed E-state index contributed by atoms with van der Waals surface area (Å²) in [6, 6.07) is 5.97. The second-order valence-electron chi connectivity index (χ2n) is 9.40. The molecule has 1 N–H and O–H groups in total. The van der Waals surface area contributed by atoms with E-state index in [1.54, 1.807) is 0 Å². The Morgan fingerprint density at radius 1 is 1.07 bits per heavy atom. The number of nitrogens with zero attached hydrogens (tertiary/aromatic N) is 2. The Morgan fingerprint density at radius 3 is 2.50 bits per heavy atom. The molecule has 164 valence electrons. The van der Waals surface area contributed by atoms with Crippen LogP contribution < -0.4 is 5.32 Å². The average molecular weight is 414 g/mol. The number of amides is 3. The number of aryl methyl sites for hydroxylation is 2. The lowest BCUT2D eigenvalue weighted by Gasteiger charge is -2.46. The summed E-state index contributed by atoms with van der Waals surface area (Å²) in [4.78, 5) is 29.2. The topological polar surface area (TPSA) is 61.9 Å². The zero-order valence-corrected chi connectivity index (χ0v) is 18.4. The van der Waals surface area contributed by atoms with Crippen molar-refractivity contribution in [2.45, 2.75) is 64.4 Å². The molecule has 0 bridgehead atoms. The Bertz CT molecular complexity index is 780. The third-order valence-electron chi connectivity index (χ3n) is 7.24. The number of urea groups is 1. The summed E-state index contributed by atoms with van der Waals surface area (Å²) in [6.45, 7) is 8.11. The zero-order chi connectivity index (χ0) is 21.1. The van der Waals surface area contributed by atoms with Gasteiger partial charge in [0.1, 0.15) is 0 Å². The number of nitrogens with one attached hydrogen (secondary N) is 1. The Kier molecular flexibility index (Phi) is 6.32. The molecule has 6 nitrogen and oxygen atoms in total. The van der Waals surface area contributed by atoms with Crippen LogP contribution in [-0.2, 0) is 9.53 Å². The lowest BCUT2D eigenvalue weighted by atomic mass is 9.78. The predicted octanol–water partition coefficient (Wildman–Crippen LogP) is 4.11. The molecule has 0 saturated carbocycles. The summed E-state index contributed by atoms with van der Waals surface area (Å²) < 4.78 is 6.24. The molecule has 1 spiro atoms. The minimum Gasteiger partial charge on any atom is -0.375 e. The van der Waals surface area contributed by atoms with Crippen molar-refractivity contribution in [3.8, 4) is 0 Å². The average Bonchev–Trinajstić information content (AvgIpc) is 3.26. The van der Waals surface area contributed by atoms with E-state index in [1.807, 2.05) is 28.0 Å². The molecule has 1 unspecified atom stereocenters. The minimum absolute atomic E-state index is 0.0373. The maximum Gasteiger partial charge on any atom is 0.321 e. The van der Waals surface area contributed by atoms with E-state index in [1.165, 1.54) is 11.1 Å². The summed E-state index contributed by atoms with van der Waals surface area (Å²) in [5.74, 6) is 0.725. The number of ether oxygens (including phenoxy) is 1. The van der Waals surface area contributed by atoms with Crippen LogP contribution in [0.15, 0.2) is 18.2 Å². The van der Waals surface area contributed by atoms with Crippen molar-refractivity contribution in [1.82, 2.24) is 9.80 Å². The van der Waals surface area contributed by atoms with Crippen LogP contribution in [0.2, 0.25) is 0 Å². The number of likely N-dealkylation sites (tertiary alicyclic amines) is 2. The van der Waals surface area contributed by atoms with Crippen LogP contribution in [0.25, 0.3) is 0 Å². The molecule has 0 radical (unpaired) electrons. The molecule has 1 aromatic carbocycles. The number of piperidine rings is 1. The number of rotatable bonds is 3. The molecule has 0 aromatic heterocycles. The molecule has 3 amide bonds. The van der Waals surface area contributed by atoms with Gasteiger partial charge in [0.15, 0.2) is 0 Å². The lowest BCUT2D eigenvalue weighted by molar-refractivity contribution is -0.139. The van der Waals surface area contributed by atoms with Crippen LogP contribution in [0.1, 0.15) is 56.1 Å². The van der Waals surface area contributed by atoms with Gasteiger partial charge in [0.2, 0.25) is 5.91 Å². The van der Waals surface area contributed by atoms with E-state index in [2.05, 4.69) is 19.2 Å². The fourth-order valence-corrected chi connectivity index (χ4v) is 5.13. The van der Waals surface area contributed by atoms with Crippen molar-refractivity contribution < 1.29 is 14.3 Å². The van der Waals surface area contributed by atoms with Gasteiger partial charge in [0.25, 0.3) is 0 Å². The second-order valence-corrected chi connectivity index (χ2v) is 9.40. The van der Waals surface area contributed by atoms with Crippen LogP contribution in [0.4, 0.5) is 10.5 Å². The first-order valence-corrected chi connectivity index (χ1v) is 11.5. The predicted molar refractivity (Wildman–Crippen MR) is 118 cm³/mol. The highest BCUT2D eigenvalue weighted by Gasteiger charge is 2.41. The number of hydrogen-bond acceptors (Lipinski definition) is 3. The van der Waals surface area contributed by atoms with Gasteiger partial charge >= 0.3 is 6.03 Å². The fourth-order valence-electron chi connectivity index (χ4n) is 5.13. The molecule has 3 aliphatic heterocycles. The second kappa shape index (κ2) is 8.96. The van der Waals surface area contributed by atoms with Crippen LogP contribution in [0, 0.1) is 19.8 Å². The molecule has 3 saturated heterocycles. The summed E-state index contributed by atoms with van der Waals surface area (Å²) >= 11 is 0. The Morgan fingerprint density at radius 2 is 1.80 bits per heavy atom. The number of anilines is 1. The highest BCUT2D eigenvalue weighted by Crippen LogP contribution is 2.39. The molecule has 3 heterocycles. The molecule has 1 atom stereocenters. The molecule has 3 fully saturated rings. The zero-order valence-electron chi connectivity index (χ0n) is 18.4. The Balaban J connectivity index is 1.28. The van der Waals surface area contributed by atoms with E-state index in [9.17, 15) is 9.59 Å². The van der Waals surface area contributed by atoms with Gasteiger partial charge in [-0.05, 0) is 81.5 Å². The molecule has 3 aliphatic rings. The van der Waals surface area contributed by atoms with Crippen molar-refractivity contribution in [2.24, 2.45) is 5.92 Å². The standard InChI is InChI=1S/C24H35N3O3/c1-18-5-6-21(15-19(18)2)25-23(29)27-12-8-24(9-13-27)17-20(7-14-30-24)16-22(28)26-10-3-4-11-26/h5-6,15,20H,3-4,7-14,16-17H2,1-2H3,(H,25,29). The van der Waals surface area contributed by atoms with Crippen LogP contribution in [0.3, 0.4) is 0 Å². The number of carbonyl (C=O) groups excluding carboxylic acids is 2. The minimum atomic E-state index is -0.161. The molecule has 0 aliphatic carbocycles. The third-order valence-corrected chi connectivity index (χ3v) is 7.24. The Hall–Kier alpha value is -2.08. The lowest BCUT2D eigenvalue weighted by Crippen LogP contribution is -2.52. The normalized spacial score (nSPS) is 23.6. The van der Waals surface area contributed by atoms with E-state index < -0.39 is 0 Å². The molecular formula is C24H35N3O3. The fraction of sp³-hybridized carbons (Fsp3) is 0.667. The van der Waals surface area contributed by atoms with Crippen LogP contribution in [-0.4, -0.2) is 60.1 Å². The van der Waals surface area contributed by atoms with Crippen molar-refractivity contribution in [1.29, 1.82) is 0 Å². The third kappa shape index (κ3) is 4.80. The quantitative estimate of drug-likeness (QED) is 0.811. The first kappa shape index (κ1) is 21.2. The van der Waals surface area contributed by atoms with Gasteiger partial charge in [0, 0.05) is 44.9 Å². The maximum absolute atomic E-state index is 12.7. The van der Waals surface area contributed by atoms with E-state index in [4.69, 9.17) is 4.74 Å². The summed E-state index contributed by atoms with van der Waals surface area (Å²) in [5, 5.41) is 3.03. The summed E-state index contributed by atoms with van der Waals surface area (Å²) in [7, 11) is 0. The van der Waals surface area contributed by atoms with E-state index in [0.717, 1.165) is 63.9 Å². The van der Waals surface area contributed by atoms with E-state index >= 15 is 0 Å². The van der Waals surface area contributed by atoms with Gasteiger partial charge in [-0.25, -0.2) is 4.79 Å². The highest BCUT2D eigenvalue weighted by atomic mass is 16.5. The molecule has 1 aromatic rings. The van der Waals surface area contributed by atoms with Gasteiger partial charge < -0.3 is 19.9 Å². The highest BCUT2D eigenvalue weighted by molar-refractivity contribution is 5.89. The molecule has 6 heteroatoms. The first-order valence-electron chi connectivity index (χ1n) is 11.5. The maximum atomic E-state index is 12.7.